The van der Waals surface area contributed by atoms with Gasteiger partial charge < -0.3 is 19.5 Å². The number of hydrogen-bond donors (Lipinski definition) is 1. The molecule has 0 saturated heterocycles. The number of amides is 1. The molecule has 0 fully saturated rings. The number of methoxy groups -OCH3 is 3. The molecule has 23 heavy (non-hydrogen) atoms. The minimum absolute atomic E-state index is 0.152. The Bertz CT molecular complexity index is 711. The molecule has 0 radical (unpaired) electrons. The zero-order chi connectivity index (χ0) is 16.8. The van der Waals surface area contributed by atoms with Crippen LogP contribution in [0.3, 0.4) is 0 Å². The second kappa shape index (κ2) is 7.21. The van der Waals surface area contributed by atoms with Crippen LogP contribution in [0.5, 0.6) is 11.8 Å². The smallest absolute Gasteiger partial charge is 0.339 e. The normalized spacial score (nSPS) is 9.87. The van der Waals surface area contributed by atoms with E-state index < -0.39 is 11.9 Å². The molecule has 0 aliphatic carbocycles. The van der Waals surface area contributed by atoms with Gasteiger partial charge in [-0.2, -0.15) is 9.97 Å². The first-order chi connectivity index (χ1) is 11.1. The Morgan fingerprint density at radius 3 is 2.17 bits per heavy atom. The van der Waals surface area contributed by atoms with Crippen molar-refractivity contribution in [3.8, 4) is 11.8 Å². The summed E-state index contributed by atoms with van der Waals surface area (Å²) in [5.41, 5.74) is 0.507. The van der Waals surface area contributed by atoms with Crippen molar-refractivity contribution >= 4 is 17.6 Å². The summed E-state index contributed by atoms with van der Waals surface area (Å²) in [6.07, 6.45) is 0. The number of rotatable bonds is 5. The Kier molecular flexibility index (Phi) is 5.08. The lowest BCUT2D eigenvalue weighted by atomic mass is 10.2. The quantitative estimate of drug-likeness (QED) is 0.835. The molecule has 1 amide bonds. The number of nitrogens with one attached hydrogen (secondary N) is 1. The number of para-hydroxylation sites is 1. The number of carbonyl (C=O) groups is 2. The zero-order valence-electron chi connectivity index (χ0n) is 12.8. The molecule has 2 rings (SSSR count). The van der Waals surface area contributed by atoms with Crippen LogP contribution in [0.25, 0.3) is 0 Å². The van der Waals surface area contributed by atoms with Crippen LogP contribution in [-0.2, 0) is 4.74 Å². The summed E-state index contributed by atoms with van der Waals surface area (Å²) in [7, 11) is 4.09. The third-order valence-electron chi connectivity index (χ3n) is 2.88. The van der Waals surface area contributed by atoms with Crippen LogP contribution >= 0.6 is 0 Å². The predicted molar refractivity (Wildman–Crippen MR) is 80.9 cm³/mol. The molecule has 0 aliphatic heterocycles. The predicted octanol–water partition coefficient (Wildman–Crippen LogP) is 1.53. The van der Waals surface area contributed by atoms with Crippen LogP contribution in [0.15, 0.2) is 30.3 Å². The second-order valence-electron chi connectivity index (χ2n) is 4.27. The van der Waals surface area contributed by atoms with E-state index in [4.69, 9.17) is 9.47 Å². The van der Waals surface area contributed by atoms with Crippen LogP contribution < -0.4 is 14.8 Å². The summed E-state index contributed by atoms with van der Waals surface area (Å²) >= 11 is 0. The SMILES string of the molecule is COC(=O)c1ccccc1NC(=O)c1nc(OC)cc(OC)n1. The number of carbonyl (C=O) groups excluding carboxylic acids is 2. The van der Waals surface area contributed by atoms with Gasteiger partial charge in [0.05, 0.1) is 38.6 Å². The fourth-order valence-corrected chi connectivity index (χ4v) is 1.77. The number of ether oxygens (including phenoxy) is 3. The van der Waals surface area contributed by atoms with Crippen molar-refractivity contribution in [1.29, 1.82) is 0 Å². The van der Waals surface area contributed by atoms with Crippen molar-refractivity contribution in [2.24, 2.45) is 0 Å². The molecule has 0 aliphatic rings. The number of esters is 1. The number of aromatic nitrogens is 2. The van der Waals surface area contributed by atoms with E-state index in [9.17, 15) is 9.59 Å². The summed E-state index contributed by atoms with van der Waals surface area (Å²) in [5, 5.41) is 2.57. The van der Waals surface area contributed by atoms with Gasteiger partial charge in [-0.3, -0.25) is 4.79 Å². The minimum atomic E-state index is -0.612. The Labute approximate surface area is 132 Å². The topological polar surface area (TPSA) is 99.6 Å². The van der Waals surface area contributed by atoms with Crippen molar-refractivity contribution in [3.05, 3.63) is 41.7 Å². The molecule has 0 bridgehead atoms. The van der Waals surface area contributed by atoms with Gasteiger partial charge in [-0.25, -0.2) is 4.79 Å². The van der Waals surface area contributed by atoms with Crippen molar-refractivity contribution in [2.75, 3.05) is 26.6 Å². The molecule has 1 N–H and O–H groups in total. The highest BCUT2D eigenvalue weighted by Gasteiger charge is 2.17. The average molecular weight is 317 g/mol. The molecular weight excluding hydrogens is 302 g/mol. The minimum Gasteiger partial charge on any atom is -0.481 e. The van der Waals surface area contributed by atoms with Crippen LogP contribution in [0, 0.1) is 0 Å². The Morgan fingerprint density at radius 1 is 1.00 bits per heavy atom. The molecule has 2 aromatic rings. The molecule has 0 atom stereocenters. The Morgan fingerprint density at radius 2 is 1.61 bits per heavy atom. The number of hydrogen-bond acceptors (Lipinski definition) is 7. The highest BCUT2D eigenvalue weighted by Crippen LogP contribution is 2.19. The second-order valence-corrected chi connectivity index (χ2v) is 4.27. The van der Waals surface area contributed by atoms with E-state index in [1.807, 2.05) is 0 Å². The average Bonchev–Trinajstić information content (AvgIpc) is 2.60. The van der Waals surface area contributed by atoms with Gasteiger partial charge in [-0.05, 0) is 12.1 Å². The van der Waals surface area contributed by atoms with Crippen LogP contribution in [0.1, 0.15) is 21.0 Å². The van der Waals surface area contributed by atoms with E-state index >= 15 is 0 Å². The lowest BCUT2D eigenvalue weighted by Crippen LogP contribution is -2.18. The highest BCUT2D eigenvalue weighted by atomic mass is 16.5. The van der Waals surface area contributed by atoms with E-state index in [1.165, 1.54) is 33.5 Å². The maximum Gasteiger partial charge on any atom is 0.339 e. The van der Waals surface area contributed by atoms with Crippen LogP contribution in [-0.4, -0.2) is 43.2 Å². The van der Waals surface area contributed by atoms with E-state index in [2.05, 4.69) is 20.0 Å². The molecule has 8 nitrogen and oxygen atoms in total. The molecule has 120 valence electrons. The first-order valence-corrected chi connectivity index (χ1v) is 6.54. The first-order valence-electron chi connectivity index (χ1n) is 6.54. The van der Waals surface area contributed by atoms with Crippen molar-refractivity contribution in [3.63, 3.8) is 0 Å². The third-order valence-corrected chi connectivity index (χ3v) is 2.88. The summed E-state index contributed by atoms with van der Waals surface area (Å²) in [6.45, 7) is 0. The van der Waals surface area contributed by atoms with Gasteiger partial charge >= 0.3 is 5.97 Å². The molecular formula is C15H15N3O5. The largest absolute Gasteiger partial charge is 0.481 e. The summed E-state index contributed by atoms with van der Waals surface area (Å²) in [5.74, 6) is -0.962. The number of nitrogens with zero attached hydrogens (tertiary/aromatic N) is 2. The van der Waals surface area contributed by atoms with Gasteiger partial charge in [-0.15, -0.1) is 0 Å². The van der Waals surface area contributed by atoms with E-state index in [0.717, 1.165) is 0 Å². The monoisotopic (exact) mass is 317 g/mol. The maximum atomic E-state index is 12.3. The molecule has 1 aromatic heterocycles. The Hall–Kier alpha value is -3.16. The van der Waals surface area contributed by atoms with Gasteiger partial charge in [0, 0.05) is 0 Å². The van der Waals surface area contributed by atoms with Crippen molar-refractivity contribution < 1.29 is 23.8 Å². The van der Waals surface area contributed by atoms with Crippen molar-refractivity contribution in [1.82, 2.24) is 9.97 Å². The van der Waals surface area contributed by atoms with Gasteiger partial charge in [-0.1, -0.05) is 12.1 Å². The fourth-order valence-electron chi connectivity index (χ4n) is 1.77. The molecule has 0 saturated carbocycles. The zero-order valence-corrected chi connectivity index (χ0v) is 12.8. The van der Waals surface area contributed by atoms with Gasteiger partial charge in [0.2, 0.25) is 17.6 Å². The molecule has 0 unspecified atom stereocenters. The molecule has 1 heterocycles. The van der Waals surface area contributed by atoms with Gasteiger partial charge in [0.1, 0.15) is 0 Å². The van der Waals surface area contributed by atoms with Gasteiger partial charge in [0.25, 0.3) is 5.91 Å². The number of anilines is 1. The molecule has 8 heteroatoms. The Balaban J connectivity index is 2.31. The maximum absolute atomic E-state index is 12.3. The van der Waals surface area contributed by atoms with E-state index in [0.29, 0.717) is 0 Å². The van der Waals surface area contributed by atoms with Crippen molar-refractivity contribution in [2.45, 2.75) is 0 Å². The molecule has 0 spiro atoms. The van der Waals surface area contributed by atoms with E-state index in [-0.39, 0.29) is 28.8 Å². The summed E-state index contributed by atoms with van der Waals surface area (Å²) in [4.78, 5) is 31.9. The lowest BCUT2D eigenvalue weighted by molar-refractivity contribution is 0.0602. The van der Waals surface area contributed by atoms with E-state index in [1.54, 1.807) is 18.2 Å². The van der Waals surface area contributed by atoms with Crippen LogP contribution in [0.2, 0.25) is 0 Å². The lowest BCUT2D eigenvalue weighted by Gasteiger charge is -2.10. The summed E-state index contributed by atoms with van der Waals surface area (Å²) in [6, 6.07) is 7.89. The first kappa shape index (κ1) is 16.2. The standard InChI is InChI=1S/C15H15N3O5/c1-21-11-8-12(22-2)18-13(17-11)14(19)16-10-7-5-4-6-9(10)15(20)23-3/h4-8H,1-3H3,(H,16,19). The third kappa shape index (κ3) is 3.73. The highest BCUT2D eigenvalue weighted by molar-refractivity contribution is 6.06. The van der Waals surface area contributed by atoms with Crippen LogP contribution in [0.4, 0.5) is 5.69 Å². The fraction of sp³-hybridized carbons (Fsp3) is 0.200. The van der Waals surface area contributed by atoms with Gasteiger partial charge in [0.15, 0.2) is 0 Å². The summed E-state index contributed by atoms with van der Waals surface area (Å²) < 4.78 is 14.7. The number of benzene rings is 1. The molecule has 1 aromatic carbocycles.